The van der Waals surface area contributed by atoms with Crippen LogP contribution in [0.3, 0.4) is 0 Å². The molecule has 1 unspecified atom stereocenters. The molecule has 1 aliphatic heterocycles. The van der Waals surface area contributed by atoms with E-state index < -0.39 is 41.9 Å². The van der Waals surface area contributed by atoms with E-state index in [1.165, 1.54) is 19.1 Å². The molecule has 1 aromatic carbocycles. The van der Waals surface area contributed by atoms with E-state index in [0.717, 1.165) is 22.7 Å². The maximum absolute atomic E-state index is 13.1. The lowest BCUT2D eigenvalue weighted by Gasteiger charge is -2.22. The van der Waals surface area contributed by atoms with Gasteiger partial charge in [0.1, 0.15) is 11.3 Å². The summed E-state index contributed by atoms with van der Waals surface area (Å²) >= 11 is 0. The summed E-state index contributed by atoms with van der Waals surface area (Å²) in [4.78, 5) is 39.4. The molecular weight excluding hydrogens is 443 g/mol. The van der Waals surface area contributed by atoms with Crippen LogP contribution < -0.4 is 10.1 Å². The Morgan fingerprint density at radius 3 is 2.36 bits per heavy atom. The fourth-order valence-corrected chi connectivity index (χ4v) is 3.87. The van der Waals surface area contributed by atoms with Crippen molar-refractivity contribution in [2.45, 2.75) is 39.2 Å². The molecule has 33 heavy (non-hydrogen) atoms. The van der Waals surface area contributed by atoms with Gasteiger partial charge in [-0.15, -0.1) is 13.2 Å². The minimum Gasteiger partial charge on any atom is -0.406 e. The van der Waals surface area contributed by atoms with Gasteiger partial charge in [0.2, 0.25) is 0 Å². The Morgan fingerprint density at radius 1 is 1.15 bits per heavy atom. The smallest absolute Gasteiger partial charge is 0.406 e. The molecule has 3 rings (SSSR count). The first-order chi connectivity index (χ1) is 15.4. The molecular formula is C22H24F3N3O5. The molecule has 1 saturated heterocycles. The van der Waals surface area contributed by atoms with Gasteiger partial charge in [0, 0.05) is 30.6 Å². The number of methoxy groups -OCH3 is 1. The van der Waals surface area contributed by atoms with Gasteiger partial charge in [0.15, 0.2) is 5.78 Å². The first-order valence-corrected chi connectivity index (χ1v) is 10.1. The molecule has 178 valence electrons. The first kappa shape index (κ1) is 24.3. The van der Waals surface area contributed by atoms with Gasteiger partial charge >= 0.3 is 12.4 Å². The Morgan fingerprint density at radius 2 is 1.79 bits per heavy atom. The fraction of sp³-hybridized carbons (Fsp3) is 0.409. The summed E-state index contributed by atoms with van der Waals surface area (Å²) in [7, 11) is 1.58. The van der Waals surface area contributed by atoms with Gasteiger partial charge < -0.3 is 19.4 Å². The van der Waals surface area contributed by atoms with Crippen molar-refractivity contribution in [1.82, 2.24) is 14.8 Å². The quantitative estimate of drug-likeness (QED) is 0.475. The Balaban J connectivity index is 1.78. The van der Waals surface area contributed by atoms with Crippen molar-refractivity contribution in [1.29, 1.82) is 0 Å². The molecule has 0 bridgehead atoms. The van der Waals surface area contributed by atoms with E-state index in [2.05, 4.69) is 10.1 Å². The molecule has 2 aromatic rings. The lowest BCUT2D eigenvalue weighted by Crippen LogP contribution is -2.41. The highest BCUT2D eigenvalue weighted by molar-refractivity contribution is 6.11. The van der Waals surface area contributed by atoms with Crippen molar-refractivity contribution >= 4 is 17.7 Å². The second-order valence-electron chi connectivity index (χ2n) is 7.87. The van der Waals surface area contributed by atoms with Crippen molar-refractivity contribution in [2.24, 2.45) is 0 Å². The summed E-state index contributed by atoms with van der Waals surface area (Å²) in [5.41, 5.74) is 0.652. The largest absolute Gasteiger partial charge is 0.573 e. The van der Waals surface area contributed by atoms with Crippen LogP contribution in [-0.2, 0) is 21.6 Å². The number of imide groups is 1. The third kappa shape index (κ3) is 4.87. The average molecular weight is 467 g/mol. The number of hydrogen-bond donors (Lipinski definition) is 1. The molecule has 2 heterocycles. The topological polar surface area (TPSA) is 89.9 Å². The van der Waals surface area contributed by atoms with Gasteiger partial charge in [-0.1, -0.05) is 12.1 Å². The minimum absolute atomic E-state index is 0.253. The number of benzene rings is 1. The van der Waals surface area contributed by atoms with Gasteiger partial charge in [-0.3, -0.25) is 14.5 Å². The molecule has 0 saturated carbocycles. The van der Waals surface area contributed by atoms with Crippen LogP contribution in [0.1, 0.15) is 34.2 Å². The second-order valence-corrected chi connectivity index (χ2v) is 7.87. The van der Waals surface area contributed by atoms with E-state index in [1.54, 1.807) is 20.1 Å². The van der Waals surface area contributed by atoms with Crippen LogP contribution >= 0.6 is 0 Å². The number of carbonyl (C=O) groups excluding carboxylic acids is 3. The molecule has 1 N–H and O–H groups in total. The molecule has 0 aliphatic carbocycles. The van der Waals surface area contributed by atoms with E-state index in [4.69, 9.17) is 4.74 Å². The third-order valence-electron chi connectivity index (χ3n) is 5.64. The average Bonchev–Trinajstić information content (AvgIpc) is 3.13. The summed E-state index contributed by atoms with van der Waals surface area (Å²) in [5, 5.41) is 2.53. The van der Waals surface area contributed by atoms with E-state index in [1.807, 2.05) is 11.5 Å². The van der Waals surface area contributed by atoms with Crippen LogP contribution in [0.15, 0.2) is 30.3 Å². The highest BCUT2D eigenvalue weighted by Gasteiger charge is 2.49. The summed E-state index contributed by atoms with van der Waals surface area (Å²) < 4.78 is 48.0. The number of alkyl halides is 3. The summed E-state index contributed by atoms with van der Waals surface area (Å²) in [6.07, 6.45) is -4.85. The molecule has 1 atom stereocenters. The van der Waals surface area contributed by atoms with E-state index >= 15 is 0 Å². The van der Waals surface area contributed by atoms with Crippen LogP contribution in [0.5, 0.6) is 5.75 Å². The molecule has 0 radical (unpaired) electrons. The number of aryl methyl sites for hydroxylation is 1. The maximum atomic E-state index is 13.1. The minimum atomic E-state index is -4.85. The molecule has 3 amide bonds. The number of ether oxygens (including phenoxy) is 2. The second kappa shape index (κ2) is 8.89. The van der Waals surface area contributed by atoms with Gasteiger partial charge in [0.05, 0.1) is 13.2 Å². The molecule has 1 aliphatic rings. The van der Waals surface area contributed by atoms with E-state index in [9.17, 15) is 27.6 Å². The number of carbonyl (C=O) groups is 3. The highest BCUT2D eigenvalue weighted by atomic mass is 19.4. The zero-order valence-electron chi connectivity index (χ0n) is 18.6. The van der Waals surface area contributed by atoms with Crippen molar-refractivity contribution in [2.75, 3.05) is 20.3 Å². The number of nitrogens with one attached hydrogen (secondary N) is 1. The third-order valence-corrected chi connectivity index (χ3v) is 5.64. The number of halogens is 3. The standard InChI is InChI=1S/C22H24F3N3O5/c1-13-11-17(14(2)27(13)9-10-32-4)18(29)12-28-19(30)21(3,26-20(28)31)15-5-7-16(8-6-15)33-22(23,24)25/h5-8,11H,9-10,12H2,1-4H3,(H,26,31). The number of amides is 3. The van der Waals surface area contributed by atoms with Gasteiger partial charge in [-0.2, -0.15) is 0 Å². The van der Waals surface area contributed by atoms with Crippen molar-refractivity contribution in [3.8, 4) is 5.75 Å². The predicted octanol–water partition coefficient (Wildman–Crippen LogP) is 3.30. The Labute approximate surface area is 188 Å². The maximum Gasteiger partial charge on any atom is 0.573 e. The number of hydrogen-bond acceptors (Lipinski definition) is 5. The normalized spacial score (nSPS) is 18.6. The van der Waals surface area contributed by atoms with Crippen molar-refractivity contribution < 1.29 is 37.0 Å². The number of rotatable bonds is 8. The molecule has 0 spiro atoms. The van der Waals surface area contributed by atoms with Crippen LogP contribution in [0.25, 0.3) is 0 Å². The van der Waals surface area contributed by atoms with Gasteiger partial charge in [-0.05, 0) is 44.5 Å². The van der Waals surface area contributed by atoms with Crippen LogP contribution in [0.4, 0.5) is 18.0 Å². The molecule has 1 aromatic heterocycles. The Bertz CT molecular complexity index is 1080. The zero-order valence-corrected chi connectivity index (χ0v) is 18.6. The number of aromatic nitrogens is 1. The zero-order chi connectivity index (χ0) is 24.6. The Hall–Kier alpha value is -3.34. The van der Waals surface area contributed by atoms with Crippen molar-refractivity contribution in [3.63, 3.8) is 0 Å². The first-order valence-electron chi connectivity index (χ1n) is 10.1. The fourth-order valence-electron chi connectivity index (χ4n) is 3.87. The summed E-state index contributed by atoms with van der Waals surface area (Å²) in [6.45, 7) is 5.59. The predicted molar refractivity (Wildman–Crippen MR) is 111 cm³/mol. The number of nitrogens with zero attached hydrogens (tertiary/aromatic N) is 2. The molecule has 1 fully saturated rings. The monoisotopic (exact) mass is 467 g/mol. The lowest BCUT2D eigenvalue weighted by atomic mass is 9.92. The van der Waals surface area contributed by atoms with Crippen LogP contribution in [-0.4, -0.2) is 53.8 Å². The highest BCUT2D eigenvalue weighted by Crippen LogP contribution is 2.31. The molecule has 11 heteroatoms. The lowest BCUT2D eigenvalue weighted by molar-refractivity contribution is -0.274. The van der Waals surface area contributed by atoms with E-state index in [0.29, 0.717) is 24.4 Å². The van der Waals surface area contributed by atoms with Crippen LogP contribution in [0.2, 0.25) is 0 Å². The van der Waals surface area contributed by atoms with Crippen molar-refractivity contribution in [3.05, 3.63) is 52.8 Å². The summed E-state index contributed by atoms with van der Waals surface area (Å²) in [6, 6.07) is 5.55. The van der Waals surface area contributed by atoms with E-state index in [-0.39, 0.29) is 5.56 Å². The Kier molecular flexibility index (Phi) is 6.55. The summed E-state index contributed by atoms with van der Waals surface area (Å²) in [5.74, 6) is -1.55. The number of urea groups is 1. The SMILES string of the molecule is COCCn1c(C)cc(C(=O)CN2C(=O)NC(C)(c3ccc(OC(F)(F)F)cc3)C2=O)c1C. The van der Waals surface area contributed by atoms with Gasteiger partial charge in [0.25, 0.3) is 5.91 Å². The number of ketones is 1. The number of Topliss-reactive ketones (excluding diaryl/α,β-unsaturated/α-hetero) is 1. The van der Waals surface area contributed by atoms with Crippen LogP contribution in [0, 0.1) is 13.8 Å². The van der Waals surface area contributed by atoms with Gasteiger partial charge in [-0.25, -0.2) is 4.79 Å². The molecule has 8 nitrogen and oxygen atoms in total.